The fourth-order valence-electron chi connectivity index (χ4n) is 0.768. The molecular formula is C8H11N. The monoisotopic (exact) mass is 121 g/mol. The number of nitrogens with zero attached hydrogens (tertiary/aromatic N) is 1. The molecule has 1 heteroatoms. The van der Waals surface area contributed by atoms with E-state index in [1.165, 1.54) is 5.57 Å². The Morgan fingerprint density at radius 1 is 1.56 bits per heavy atom. The third kappa shape index (κ3) is 2.27. The average molecular weight is 121 g/mol. The molecular weight excluding hydrogens is 110 g/mol. The van der Waals surface area contributed by atoms with Gasteiger partial charge in [-0.25, -0.2) is 0 Å². The molecule has 0 atom stereocenters. The molecule has 0 spiro atoms. The van der Waals surface area contributed by atoms with Crippen LogP contribution in [0, 0.1) is 0 Å². The zero-order valence-corrected chi connectivity index (χ0v) is 5.67. The summed E-state index contributed by atoms with van der Waals surface area (Å²) >= 11 is 0. The summed E-state index contributed by atoms with van der Waals surface area (Å²) < 4.78 is 0. The van der Waals surface area contributed by atoms with Crippen molar-refractivity contribution in [2.75, 3.05) is 0 Å². The number of aliphatic imine (C=N–C) groups is 1. The maximum absolute atomic E-state index is 4.02. The first-order valence-electron chi connectivity index (χ1n) is 3.23. The second-order valence-corrected chi connectivity index (χ2v) is 2.22. The Bertz CT molecular complexity index is 163. The van der Waals surface area contributed by atoms with Crippen LogP contribution in [0.25, 0.3) is 0 Å². The van der Waals surface area contributed by atoms with Crippen molar-refractivity contribution in [2.24, 2.45) is 4.99 Å². The first-order valence-corrected chi connectivity index (χ1v) is 3.23. The minimum atomic E-state index is 1.08. The minimum Gasteiger partial charge on any atom is -0.269 e. The summed E-state index contributed by atoms with van der Waals surface area (Å²) in [4.78, 5) is 4.02. The number of rotatable bonds is 0. The highest BCUT2D eigenvalue weighted by atomic mass is 14.7. The molecule has 0 aromatic rings. The zero-order valence-electron chi connectivity index (χ0n) is 5.67. The highest BCUT2D eigenvalue weighted by molar-refractivity contribution is 5.58. The van der Waals surface area contributed by atoms with Gasteiger partial charge in [0.2, 0.25) is 0 Å². The Balaban J connectivity index is 2.62. The summed E-state index contributed by atoms with van der Waals surface area (Å²) in [5.74, 6) is 0. The van der Waals surface area contributed by atoms with Crippen molar-refractivity contribution in [2.45, 2.75) is 19.8 Å². The van der Waals surface area contributed by atoms with Gasteiger partial charge in [-0.2, -0.15) is 0 Å². The Morgan fingerprint density at radius 3 is 3.33 bits per heavy atom. The van der Waals surface area contributed by atoms with Gasteiger partial charge in [-0.1, -0.05) is 11.6 Å². The van der Waals surface area contributed by atoms with Gasteiger partial charge in [-0.15, -0.1) is 0 Å². The fourth-order valence-corrected chi connectivity index (χ4v) is 0.768. The summed E-state index contributed by atoms with van der Waals surface area (Å²) in [6.45, 7) is 2.14. The summed E-state index contributed by atoms with van der Waals surface area (Å²) in [6, 6.07) is 0. The van der Waals surface area contributed by atoms with Crippen LogP contribution in [0.2, 0.25) is 0 Å². The molecule has 0 amide bonds. The lowest BCUT2D eigenvalue weighted by Gasteiger charge is -1.95. The van der Waals surface area contributed by atoms with Gasteiger partial charge in [0, 0.05) is 12.4 Å². The Labute approximate surface area is 55.8 Å². The van der Waals surface area contributed by atoms with Crippen LogP contribution in [-0.4, -0.2) is 6.21 Å². The SMILES string of the molecule is CC1=CC=CN=CCC1. The molecule has 0 aromatic heterocycles. The van der Waals surface area contributed by atoms with Gasteiger partial charge in [0.15, 0.2) is 0 Å². The van der Waals surface area contributed by atoms with Crippen LogP contribution in [0.15, 0.2) is 28.9 Å². The minimum absolute atomic E-state index is 1.08. The van der Waals surface area contributed by atoms with Gasteiger partial charge in [-0.3, -0.25) is 4.99 Å². The molecule has 1 rings (SSSR count). The molecule has 0 radical (unpaired) electrons. The van der Waals surface area contributed by atoms with Crippen molar-refractivity contribution in [3.05, 3.63) is 23.9 Å². The Hall–Kier alpha value is -0.850. The van der Waals surface area contributed by atoms with Crippen LogP contribution in [0.3, 0.4) is 0 Å². The molecule has 1 aliphatic heterocycles. The summed E-state index contributed by atoms with van der Waals surface area (Å²) in [5.41, 5.74) is 1.43. The van der Waals surface area contributed by atoms with E-state index < -0.39 is 0 Å². The van der Waals surface area contributed by atoms with Crippen molar-refractivity contribution < 1.29 is 0 Å². The molecule has 0 bridgehead atoms. The molecule has 0 unspecified atom stereocenters. The van der Waals surface area contributed by atoms with Gasteiger partial charge in [-0.05, 0) is 25.8 Å². The molecule has 48 valence electrons. The largest absolute Gasteiger partial charge is 0.269 e. The smallest absolute Gasteiger partial charge is 0.0263 e. The number of hydrogen-bond acceptors (Lipinski definition) is 1. The fraction of sp³-hybridized carbons (Fsp3) is 0.375. The second-order valence-electron chi connectivity index (χ2n) is 2.22. The third-order valence-corrected chi connectivity index (χ3v) is 1.33. The normalized spacial score (nSPS) is 18.6. The van der Waals surface area contributed by atoms with Crippen LogP contribution in [0.1, 0.15) is 19.8 Å². The van der Waals surface area contributed by atoms with E-state index in [0.717, 1.165) is 12.8 Å². The predicted molar refractivity (Wildman–Crippen MR) is 40.6 cm³/mol. The van der Waals surface area contributed by atoms with Crippen LogP contribution in [0.5, 0.6) is 0 Å². The molecule has 9 heavy (non-hydrogen) atoms. The molecule has 0 fully saturated rings. The van der Waals surface area contributed by atoms with Crippen molar-refractivity contribution in [3.8, 4) is 0 Å². The average Bonchev–Trinajstić information content (AvgIpc) is 1.79. The highest BCUT2D eigenvalue weighted by Gasteiger charge is 1.86. The van der Waals surface area contributed by atoms with Gasteiger partial charge >= 0.3 is 0 Å². The van der Waals surface area contributed by atoms with E-state index in [-0.39, 0.29) is 0 Å². The van der Waals surface area contributed by atoms with Crippen molar-refractivity contribution in [1.29, 1.82) is 0 Å². The van der Waals surface area contributed by atoms with E-state index in [1.807, 2.05) is 18.5 Å². The molecule has 0 aromatic carbocycles. The number of hydrogen-bond donors (Lipinski definition) is 0. The summed E-state index contributed by atoms with van der Waals surface area (Å²) in [5, 5.41) is 0. The van der Waals surface area contributed by atoms with Gasteiger partial charge in [0.1, 0.15) is 0 Å². The lowest BCUT2D eigenvalue weighted by atomic mass is 10.1. The topological polar surface area (TPSA) is 12.4 Å². The maximum Gasteiger partial charge on any atom is 0.0263 e. The van der Waals surface area contributed by atoms with Crippen molar-refractivity contribution >= 4 is 6.21 Å². The predicted octanol–water partition coefficient (Wildman–Crippen LogP) is 2.31. The molecule has 0 aliphatic carbocycles. The van der Waals surface area contributed by atoms with Crippen LogP contribution < -0.4 is 0 Å². The summed E-state index contributed by atoms with van der Waals surface area (Å²) in [6.07, 6.45) is 10.1. The highest BCUT2D eigenvalue weighted by Crippen LogP contribution is 2.03. The van der Waals surface area contributed by atoms with E-state index >= 15 is 0 Å². The van der Waals surface area contributed by atoms with E-state index in [2.05, 4.69) is 18.0 Å². The second kappa shape index (κ2) is 3.23. The van der Waals surface area contributed by atoms with E-state index in [9.17, 15) is 0 Å². The van der Waals surface area contributed by atoms with Crippen molar-refractivity contribution in [1.82, 2.24) is 0 Å². The molecule has 0 N–H and O–H groups in total. The van der Waals surface area contributed by atoms with Gasteiger partial charge in [0.05, 0.1) is 0 Å². The lowest BCUT2D eigenvalue weighted by Crippen LogP contribution is -1.80. The standard InChI is InChI=1S/C8H11N/c1-8-4-2-6-9-7-3-5-8/h2,4,6-7H,3,5H2,1H3. The third-order valence-electron chi connectivity index (χ3n) is 1.33. The first kappa shape index (κ1) is 6.27. The zero-order chi connectivity index (χ0) is 6.53. The maximum atomic E-state index is 4.02. The van der Waals surface area contributed by atoms with Crippen LogP contribution >= 0.6 is 0 Å². The molecule has 1 heterocycles. The van der Waals surface area contributed by atoms with E-state index in [0.29, 0.717) is 0 Å². The number of allylic oxidation sites excluding steroid dienone is 3. The molecule has 0 saturated carbocycles. The lowest BCUT2D eigenvalue weighted by molar-refractivity contribution is 1.02. The molecule has 1 aliphatic rings. The van der Waals surface area contributed by atoms with Crippen LogP contribution in [0.4, 0.5) is 0 Å². The Morgan fingerprint density at radius 2 is 2.44 bits per heavy atom. The van der Waals surface area contributed by atoms with Crippen molar-refractivity contribution in [3.63, 3.8) is 0 Å². The van der Waals surface area contributed by atoms with Crippen LogP contribution in [-0.2, 0) is 0 Å². The Kier molecular flexibility index (Phi) is 2.25. The van der Waals surface area contributed by atoms with E-state index in [4.69, 9.17) is 0 Å². The molecule has 1 nitrogen and oxygen atoms in total. The van der Waals surface area contributed by atoms with E-state index in [1.54, 1.807) is 0 Å². The molecule has 0 saturated heterocycles. The quantitative estimate of drug-likeness (QED) is 0.466. The van der Waals surface area contributed by atoms with Gasteiger partial charge < -0.3 is 0 Å². The summed E-state index contributed by atoms with van der Waals surface area (Å²) in [7, 11) is 0. The first-order chi connectivity index (χ1) is 4.39. The van der Waals surface area contributed by atoms with Gasteiger partial charge in [0.25, 0.3) is 0 Å².